The lowest BCUT2D eigenvalue weighted by Crippen LogP contribution is -2.50. The number of thioether (sulfide) groups is 1. The van der Waals surface area contributed by atoms with Gasteiger partial charge in [0.25, 0.3) is 0 Å². The van der Waals surface area contributed by atoms with Gasteiger partial charge in [-0.25, -0.2) is 0 Å². The van der Waals surface area contributed by atoms with Gasteiger partial charge in [-0.1, -0.05) is 6.92 Å². The number of hydrogen-bond donors (Lipinski definition) is 2. The molecule has 1 rings (SSSR count). The van der Waals surface area contributed by atoms with Crippen LogP contribution in [0.3, 0.4) is 0 Å². The van der Waals surface area contributed by atoms with Gasteiger partial charge in [0, 0.05) is 37.5 Å². The largest absolute Gasteiger partial charge is 0.355 e. The minimum absolute atomic E-state index is 0.228. The summed E-state index contributed by atoms with van der Waals surface area (Å²) in [6.45, 7) is 13.5. The van der Waals surface area contributed by atoms with Gasteiger partial charge in [0.15, 0.2) is 5.96 Å². The monoisotopic (exact) mass is 314 g/mol. The van der Waals surface area contributed by atoms with Crippen molar-refractivity contribution < 1.29 is 0 Å². The molecule has 0 bridgehead atoms. The summed E-state index contributed by atoms with van der Waals surface area (Å²) >= 11 is 1.87. The molecule has 1 heterocycles. The Hall–Kier alpha value is -0.420. The van der Waals surface area contributed by atoms with Crippen molar-refractivity contribution in [3.05, 3.63) is 0 Å². The molecule has 2 atom stereocenters. The molecule has 0 saturated carbocycles. The van der Waals surface area contributed by atoms with Crippen LogP contribution in [0.4, 0.5) is 0 Å². The average Bonchev–Trinajstić information content (AvgIpc) is 2.47. The lowest BCUT2D eigenvalue weighted by Gasteiger charge is -2.36. The molecular formula is C16H34N4S. The third kappa shape index (κ3) is 6.92. The molecule has 4 nitrogen and oxygen atoms in total. The van der Waals surface area contributed by atoms with Gasteiger partial charge in [0.05, 0.1) is 0 Å². The first kappa shape index (κ1) is 18.6. The zero-order valence-corrected chi connectivity index (χ0v) is 15.5. The van der Waals surface area contributed by atoms with Gasteiger partial charge in [-0.2, -0.15) is 11.8 Å². The van der Waals surface area contributed by atoms with Crippen LogP contribution < -0.4 is 10.6 Å². The van der Waals surface area contributed by atoms with Crippen molar-refractivity contribution in [2.24, 2.45) is 10.9 Å². The Morgan fingerprint density at radius 1 is 1.43 bits per heavy atom. The first-order chi connectivity index (χ1) is 9.88. The van der Waals surface area contributed by atoms with Crippen LogP contribution in [0.5, 0.6) is 0 Å². The van der Waals surface area contributed by atoms with E-state index in [0.29, 0.717) is 6.04 Å². The smallest absolute Gasteiger partial charge is 0.191 e. The molecule has 1 aliphatic rings. The van der Waals surface area contributed by atoms with E-state index < -0.39 is 0 Å². The molecule has 0 aromatic rings. The Kier molecular flexibility index (Phi) is 7.88. The Labute approximate surface area is 135 Å². The highest BCUT2D eigenvalue weighted by Crippen LogP contribution is 2.19. The minimum Gasteiger partial charge on any atom is -0.355 e. The first-order valence-electron chi connectivity index (χ1n) is 8.11. The molecule has 0 aromatic carbocycles. The van der Waals surface area contributed by atoms with Crippen molar-refractivity contribution in [1.29, 1.82) is 0 Å². The summed E-state index contributed by atoms with van der Waals surface area (Å²) in [7, 11) is 1.84. The average molecular weight is 315 g/mol. The molecule has 0 aliphatic carbocycles. The summed E-state index contributed by atoms with van der Waals surface area (Å²) in [6.07, 6.45) is 4.86. The van der Waals surface area contributed by atoms with Gasteiger partial charge in [0.2, 0.25) is 0 Å². The topological polar surface area (TPSA) is 39.7 Å². The van der Waals surface area contributed by atoms with E-state index in [2.05, 4.69) is 54.5 Å². The maximum atomic E-state index is 4.32. The van der Waals surface area contributed by atoms with E-state index in [-0.39, 0.29) is 4.75 Å². The fourth-order valence-corrected chi connectivity index (χ4v) is 2.81. The van der Waals surface area contributed by atoms with Gasteiger partial charge in [-0.15, -0.1) is 0 Å². The van der Waals surface area contributed by atoms with Crippen LogP contribution >= 0.6 is 11.8 Å². The van der Waals surface area contributed by atoms with Crippen molar-refractivity contribution in [2.75, 3.05) is 39.5 Å². The molecule has 5 heteroatoms. The van der Waals surface area contributed by atoms with Crippen LogP contribution in [0.25, 0.3) is 0 Å². The summed E-state index contributed by atoms with van der Waals surface area (Å²) in [6, 6.07) is 0.555. The SMILES string of the molecule is CN=C(NCC(C)N1CCCC(C)C1)NCC(C)(C)SC. The van der Waals surface area contributed by atoms with E-state index >= 15 is 0 Å². The highest BCUT2D eigenvalue weighted by Gasteiger charge is 2.21. The summed E-state index contributed by atoms with van der Waals surface area (Å²) < 4.78 is 0.228. The highest BCUT2D eigenvalue weighted by molar-refractivity contribution is 7.99. The molecule has 0 radical (unpaired) electrons. The van der Waals surface area contributed by atoms with Crippen LogP contribution in [0.2, 0.25) is 0 Å². The van der Waals surface area contributed by atoms with E-state index in [0.717, 1.165) is 25.0 Å². The minimum atomic E-state index is 0.228. The van der Waals surface area contributed by atoms with Crippen molar-refractivity contribution >= 4 is 17.7 Å². The molecule has 0 amide bonds. The number of rotatable bonds is 6. The van der Waals surface area contributed by atoms with Gasteiger partial charge >= 0.3 is 0 Å². The van der Waals surface area contributed by atoms with Gasteiger partial charge < -0.3 is 10.6 Å². The Bertz CT molecular complexity index is 330. The third-order valence-electron chi connectivity index (χ3n) is 4.33. The molecule has 21 heavy (non-hydrogen) atoms. The number of piperidine rings is 1. The molecule has 2 unspecified atom stereocenters. The Morgan fingerprint density at radius 3 is 2.71 bits per heavy atom. The lowest BCUT2D eigenvalue weighted by atomic mass is 9.99. The summed E-state index contributed by atoms with van der Waals surface area (Å²) in [4.78, 5) is 6.92. The van der Waals surface area contributed by atoms with E-state index in [4.69, 9.17) is 0 Å². The van der Waals surface area contributed by atoms with E-state index in [1.165, 1.54) is 25.9 Å². The zero-order valence-electron chi connectivity index (χ0n) is 14.7. The molecular weight excluding hydrogens is 280 g/mol. The van der Waals surface area contributed by atoms with Crippen LogP contribution in [0.1, 0.15) is 40.5 Å². The molecule has 0 aromatic heterocycles. The number of likely N-dealkylation sites (tertiary alicyclic amines) is 1. The van der Waals surface area contributed by atoms with Crippen molar-refractivity contribution in [3.8, 4) is 0 Å². The zero-order chi connectivity index (χ0) is 15.9. The number of hydrogen-bond acceptors (Lipinski definition) is 3. The van der Waals surface area contributed by atoms with E-state index in [9.17, 15) is 0 Å². The number of aliphatic imine (C=N–C) groups is 1. The maximum Gasteiger partial charge on any atom is 0.191 e. The Morgan fingerprint density at radius 2 is 2.14 bits per heavy atom. The van der Waals surface area contributed by atoms with Crippen molar-refractivity contribution in [1.82, 2.24) is 15.5 Å². The second-order valence-corrected chi connectivity index (χ2v) is 8.38. The normalized spacial score (nSPS) is 23.0. The van der Waals surface area contributed by atoms with Crippen LogP contribution in [-0.2, 0) is 0 Å². The Balaban J connectivity index is 2.34. The summed E-state index contributed by atoms with van der Waals surface area (Å²) in [5.41, 5.74) is 0. The fraction of sp³-hybridized carbons (Fsp3) is 0.938. The number of guanidine groups is 1. The van der Waals surface area contributed by atoms with Crippen LogP contribution in [-0.4, -0.2) is 61.1 Å². The molecule has 124 valence electrons. The van der Waals surface area contributed by atoms with Gasteiger partial charge in [-0.05, 0) is 52.3 Å². The maximum absolute atomic E-state index is 4.32. The third-order valence-corrected chi connectivity index (χ3v) is 5.58. The molecule has 1 fully saturated rings. The van der Waals surface area contributed by atoms with E-state index in [1.807, 2.05) is 18.8 Å². The molecule has 1 saturated heterocycles. The summed E-state index contributed by atoms with van der Waals surface area (Å²) in [5.74, 6) is 1.75. The van der Waals surface area contributed by atoms with Gasteiger partial charge in [-0.3, -0.25) is 9.89 Å². The summed E-state index contributed by atoms with van der Waals surface area (Å²) in [5, 5.41) is 6.89. The highest BCUT2D eigenvalue weighted by atomic mass is 32.2. The quantitative estimate of drug-likeness (QED) is 0.583. The second kappa shape index (κ2) is 8.89. The van der Waals surface area contributed by atoms with Crippen molar-refractivity contribution in [3.63, 3.8) is 0 Å². The molecule has 1 aliphatic heterocycles. The van der Waals surface area contributed by atoms with Crippen LogP contribution in [0.15, 0.2) is 4.99 Å². The number of nitrogens with one attached hydrogen (secondary N) is 2. The number of nitrogens with zero attached hydrogens (tertiary/aromatic N) is 2. The van der Waals surface area contributed by atoms with Crippen molar-refractivity contribution in [2.45, 2.75) is 51.3 Å². The van der Waals surface area contributed by atoms with E-state index in [1.54, 1.807) is 0 Å². The predicted molar refractivity (Wildman–Crippen MR) is 96.4 cm³/mol. The standard InChI is InChI=1S/C16H34N4S/c1-13-8-7-9-20(11-13)14(2)10-18-15(17-5)19-12-16(3,4)21-6/h13-14H,7-12H2,1-6H3,(H2,17,18,19). The first-order valence-corrected chi connectivity index (χ1v) is 9.34. The predicted octanol–water partition coefficient (Wildman–Crippen LogP) is 2.41. The molecule has 2 N–H and O–H groups in total. The van der Waals surface area contributed by atoms with Crippen LogP contribution in [0, 0.1) is 5.92 Å². The fourth-order valence-electron chi connectivity index (χ4n) is 2.59. The lowest BCUT2D eigenvalue weighted by molar-refractivity contribution is 0.139. The van der Waals surface area contributed by atoms with Gasteiger partial charge in [0.1, 0.15) is 0 Å². The second-order valence-electron chi connectivity index (χ2n) is 6.86. The molecule has 0 spiro atoms.